The molecule has 0 spiro atoms. The van der Waals surface area contributed by atoms with Crippen LogP contribution < -0.4 is 5.32 Å². The maximum atomic E-state index is 13.2. The van der Waals surface area contributed by atoms with Crippen LogP contribution in [0.1, 0.15) is 41.7 Å². The summed E-state index contributed by atoms with van der Waals surface area (Å²) < 4.78 is 14.7. The van der Waals surface area contributed by atoms with Gasteiger partial charge in [0.05, 0.1) is 18.8 Å². The van der Waals surface area contributed by atoms with E-state index >= 15 is 0 Å². The number of nitrogens with zero attached hydrogens (tertiary/aromatic N) is 3. The Morgan fingerprint density at radius 3 is 3.08 bits per heavy atom. The van der Waals surface area contributed by atoms with E-state index in [9.17, 15) is 14.3 Å². The molecule has 3 rings (SSSR count). The van der Waals surface area contributed by atoms with Gasteiger partial charge in [0.15, 0.2) is 5.69 Å². The van der Waals surface area contributed by atoms with Crippen LogP contribution >= 0.6 is 0 Å². The highest BCUT2D eigenvalue weighted by atomic mass is 19.1. The first-order chi connectivity index (χ1) is 11.6. The Labute approximate surface area is 139 Å². The first-order valence-electron chi connectivity index (χ1n) is 8.21. The van der Waals surface area contributed by atoms with E-state index in [1.54, 1.807) is 18.3 Å². The fourth-order valence-corrected chi connectivity index (χ4v) is 3.08. The van der Waals surface area contributed by atoms with E-state index in [1.807, 2.05) is 0 Å². The molecule has 0 saturated heterocycles. The van der Waals surface area contributed by atoms with Crippen LogP contribution in [0, 0.1) is 11.7 Å². The van der Waals surface area contributed by atoms with Gasteiger partial charge in [-0.05, 0) is 42.9 Å². The molecule has 7 heteroatoms. The van der Waals surface area contributed by atoms with Crippen molar-refractivity contribution in [2.75, 3.05) is 6.54 Å². The van der Waals surface area contributed by atoms with Crippen molar-refractivity contribution in [1.29, 1.82) is 0 Å². The summed E-state index contributed by atoms with van der Waals surface area (Å²) in [4.78, 5) is 12.1. The number of rotatable bonds is 5. The van der Waals surface area contributed by atoms with Crippen molar-refractivity contribution in [3.63, 3.8) is 0 Å². The molecule has 1 heterocycles. The second-order valence-corrected chi connectivity index (χ2v) is 6.33. The van der Waals surface area contributed by atoms with E-state index in [0.29, 0.717) is 19.0 Å². The van der Waals surface area contributed by atoms with Gasteiger partial charge in [-0.15, -0.1) is 5.10 Å². The van der Waals surface area contributed by atoms with Gasteiger partial charge in [-0.1, -0.05) is 23.8 Å². The normalized spacial score (nSPS) is 20.8. The van der Waals surface area contributed by atoms with Gasteiger partial charge in [-0.3, -0.25) is 4.79 Å². The molecule has 0 bridgehead atoms. The lowest BCUT2D eigenvalue weighted by atomic mass is 9.87. The average Bonchev–Trinajstić information content (AvgIpc) is 3.01. The molecule has 1 fully saturated rings. The zero-order chi connectivity index (χ0) is 16.9. The minimum Gasteiger partial charge on any atom is -0.393 e. The third-order valence-corrected chi connectivity index (χ3v) is 4.31. The Balaban J connectivity index is 1.53. The van der Waals surface area contributed by atoms with Crippen molar-refractivity contribution < 1.29 is 14.3 Å². The standard InChI is InChI=1S/C17H21FN4O2/c18-14-5-1-4-13(7-14)10-22-11-16(20-21-22)17(24)19-9-12-3-2-6-15(23)8-12/h1,4-5,7,11-12,15,23H,2-3,6,8-10H2,(H,19,24). The Bertz CT molecular complexity index is 703. The Hall–Kier alpha value is -2.28. The highest BCUT2D eigenvalue weighted by molar-refractivity contribution is 5.91. The van der Waals surface area contributed by atoms with Gasteiger partial charge in [-0.25, -0.2) is 9.07 Å². The van der Waals surface area contributed by atoms with E-state index in [0.717, 1.165) is 31.2 Å². The van der Waals surface area contributed by atoms with Gasteiger partial charge in [0.1, 0.15) is 5.82 Å². The number of hydrogen-bond acceptors (Lipinski definition) is 4. The Morgan fingerprint density at radius 2 is 2.29 bits per heavy atom. The number of aliphatic hydroxyl groups is 1. The Morgan fingerprint density at radius 1 is 1.42 bits per heavy atom. The number of amides is 1. The van der Waals surface area contributed by atoms with E-state index in [1.165, 1.54) is 16.8 Å². The molecular weight excluding hydrogens is 311 g/mol. The number of carbonyl (C=O) groups excluding carboxylic acids is 1. The maximum absolute atomic E-state index is 13.2. The number of aromatic nitrogens is 3. The number of aliphatic hydroxyl groups excluding tert-OH is 1. The summed E-state index contributed by atoms with van der Waals surface area (Å²) in [6.07, 6.45) is 4.88. The SMILES string of the molecule is O=C(NCC1CCCC(O)C1)c1cn(Cc2cccc(F)c2)nn1. The van der Waals surface area contributed by atoms with E-state index < -0.39 is 0 Å². The summed E-state index contributed by atoms with van der Waals surface area (Å²) in [6, 6.07) is 6.23. The van der Waals surface area contributed by atoms with Gasteiger partial charge in [0, 0.05) is 6.54 Å². The number of halogens is 1. The monoisotopic (exact) mass is 332 g/mol. The molecule has 2 N–H and O–H groups in total. The summed E-state index contributed by atoms with van der Waals surface area (Å²) in [7, 11) is 0. The fraction of sp³-hybridized carbons (Fsp3) is 0.471. The highest BCUT2D eigenvalue weighted by Gasteiger charge is 2.21. The quantitative estimate of drug-likeness (QED) is 0.874. The highest BCUT2D eigenvalue weighted by Crippen LogP contribution is 2.23. The molecule has 1 amide bonds. The van der Waals surface area contributed by atoms with Gasteiger partial charge in [0.2, 0.25) is 0 Å². The van der Waals surface area contributed by atoms with Crippen LogP contribution in [0.3, 0.4) is 0 Å². The minimum atomic E-state index is -0.305. The molecular formula is C17H21FN4O2. The van der Waals surface area contributed by atoms with Crippen LogP contribution in [-0.4, -0.2) is 38.7 Å². The molecule has 2 aromatic rings. The van der Waals surface area contributed by atoms with Gasteiger partial charge >= 0.3 is 0 Å². The fourth-order valence-electron chi connectivity index (χ4n) is 3.08. The first kappa shape index (κ1) is 16.6. The molecule has 1 aromatic carbocycles. The zero-order valence-corrected chi connectivity index (χ0v) is 13.4. The molecule has 128 valence electrons. The van der Waals surface area contributed by atoms with Crippen molar-refractivity contribution in [1.82, 2.24) is 20.3 Å². The molecule has 1 saturated carbocycles. The molecule has 24 heavy (non-hydrogen) atoms. The maximum Gasteiger partial charge on any atom is 0.273 e. The zero-order valence-electron chi connectivity index (χ0n) is 13.4. The van der Waals surface area contributed by atoms with Crippen LogP contribution in [0.4, 0.5) is 4.39 Å². The second-order valence-electron chi connectivity index (χ2n) is 6.33. The molecule has 6 nitrogen and oxygen atoms in total. The minimum absolute atomic E-state index is 0.239. The van der Waals surface area contributed by atoms with Crippen LogP contribution in [0.5, 0.6) is 0 Å². The third kappa shape index (κ3) is 4.38. The van der Waals surface area contributed by atoms with Crippen LogP contribution in [0.2, 0.25) is 0 Å². The lowest BCUT2D eigenvalue weighted by molar-refractivity contribution is 0.0870. The lowest BCUT2D eigenvalue weighted by Gasteiger charge is -2.25. The van der Waals surface area contributed by atoms with Crippen molar-refractivity contribution in [2.45, 2.75) is 38.3 Å². The predicted octanol–water partition coefficient (Wildman–Crippen LogP) is 1.75. The Kier molecular flexibility index (Phi) is 5.20. The van der Waals surface area contributed by atoms with Crippen LogP contribution in [-0.2, 0) is 6.54 Å². The van der Waals surface area contributed by atoms with Crippen molar-refractivity contribution in [2.24, 2.45) is 5.92 Å². The average molecular weight is 332 g/mol. The number of carbonyl (C=O) groups is 1. The van der Waals surface area contributed by atoms with E-state index in [-0.39, 0.29) is 23.5 Å². The number of nitrogens with one attached hydrogen (secondary N) is 1. The summed E-state index contributed by atoms with van der Waals surface area (Å²) in [5.41, 5.74) is 0.991. The van der Waals surface area contributed by atoms with Crippen molar-refractivity contribution >= 4 is 5.91 Å². The van der Waals surface area contributed by atoms with Crippen molar-refractivity contribution in [3.8, 4) is 0 Å². The summed E-state index contributed by atoms with van der Waals surface area (Å²) in [5.74, 6) is -0.277. The lowest BCUT2D eigenvalue weighted by Crippen LogP contribution is -2.33. The van der Waals surface area contributed by atoms with Crippen LogP contribution in [0.15, 0.2) is 30.5 Å². The molecule has 0 aliphatic heterocycles. The first-order valence-corrected chi connectivity index (χ1v) is 8.21. The van der Waals surface area contributed by atoms with Crippen LogP contribution in [0.25, 0.3) is 0 Å². The topological polar surface area (TPSA) is 80.0 Å². The predicted molar refractivity (Wildman–Crippen MR) is 85.8 cm³/mol. The second kappa shape index (κ2) is 7.53. The molecule has 2 unspecified atom stereocenters. The molecule has 0 radical (unpaired) electrons. The van der Waals surface area contributed by atoms with Gasteiger partial charge in [0.25, 0.3) is 5.91 Å². The smallest absolute Gasteiger partial charge is 0.273 e. The summed E-state index contributed by atoms with van der Waals surface area (Å²) >= 11 is 0. The summed E-state index contributed by atoms with van der Waals surface area (Å²) in [5, 5.41) is 20.3. The molecule has 1 aliphatic carbocycles. The third-order valence-electron chi connectivity index (χ3n) is 4.31. The van der Waals surface area contributed by atoms with Gasteiger partial charge in [-0.2, -0.15) is 0 Å². The van der Waals surface area contributed by atoms with Crippen molar-refractivity contribution in [3.05, 3.63) is 47.5 Å². The largest absolute Gasteiger partial charge is 0.393 e. The van der Waals surface area contributed by atoms with E-state index in [2.05, 4.69) is 15.6 Å². The molecule has 1 aliphatic rings. The molecule has 1 aromatic heterocycles. The van der Waals surface area contributed by atoms with E-state index in [4.69, 9.17) is 0 Å². The molecule has 2 atom stereocenters. The summed E-state index contributed by atoms with van der Waals surface area (Å²) in [6.45, 7) is 0.888. The number of hydrogen-bond donors (Lipinski definition) is 2. The number of benzene rings is 1. The van der Waals surface area contributed by atoms with Gasteiger partial charge < -0.3 is 10.4 Å².